The van der Waals surface area contributed by atoms with E-state index in [2.05, 4.69) is 10.6 Å². The summed E-state index contributed by atoms with van der Waals surface area (Å²) in [7, 11) is 0. The summed E-state index contributed by atoms with van der Waals surface area (Å²) in [5, 5.41) is 8.48. The average molecular weight is 399 g/mol. The SMILES string of the molecule is Cc1c(Cl)cccc1NC(=O)CSCC(=O)Nc1ccc2ccccc2c1. The zero-order valence-corrected chi connectivity index (χ0v) is 16.4. The Bertz CT molecular complexity index is 991. The molecule has 0 aliphatic carbocycles. The van der Waals surface area contributed by atoms with E-state index in [0.717, 1.165) is 22.0 Å². The summed E-state index contributed by atoms with van der Waals surface area (Å²) >= 11 is 7.31. The number of amides is 2. The van der Waals surface area contributed by atoms with Gasteiger partial charge in [0.15, 0.2) is 0 Å². The molecule has 2 amide bonds. The Hall–Kier alpha value is -2.50. The van der Waals surface area contributed by atoms with E-state index in [1.165, 1.54) is 11.8 Å². The van der Waals surface area contributed by atoms with E-state index in [-0.39, 0.29) is 23.3 Å². The van der Waals surface area contributed by atoms with Crippen LogP contribution in [0.2, 0.25) is 5.02 Å². The molecule has 3 aromatic rings. The zero-order chi connectivity index (χ0) is 19.2. The molecule has 3 aromatic carbocycles. The number of hydrogen-bond donors (Lipinski definition) is 2. The highest BCUT2D eigenvalue weighted by atomic mass is 35.5. The molecule has 0 saturated heterocycles. The lowest BCUT2D eigenvalue weighted by molar-refractivity contribution is -0.114. The number of halogens is 1. The minimum absolute atomic E-state index is 0.137. The van der Waals surface area contributed by atoms with Gasteiger partial charge in [-0.15, -0.1) is 11.8 Å². The number of carbonyl (C=O) groups is 2. The third kappa shape index (κ3) is 5.25. The summed E-state index contributed by atoms with van der Waals surface area (Å²) in [6.07, 6.45) is 0. The van der Waals surface area contributed by atoms with Crippen molar-refractivity contribution in [3.05, 3.63) is 71.2 Å². The topological polar surface area (TPSA) is 58.2 Å². The predicted octanol–water partition coefficient (Wildman–Crippen LogP) is 5.11. The minimum Gasteiger partial charge on any atom is -0.325 e. The monoisotopic (exact) mass is 398 g/mol. The number of thioether (sulfide) groups is 1. The summed E-state index contributed by atoms with van der Waals surface area (Å²) in [5.41, 5.74) is 2.26. The Labute approximate surface area is 167 Å². The molecule has 0 radical (unpaired) electrons. The maximum atomic E-state index is 12.1. The molecule has 0 atom stereocenters. The molecule has 0 heterocycles. The van der Waals surface area contributed by atoms with Crippen molar-refractivity contribution in [2.24, 2.45) is 0 Å². The Morgan fingerprint density at radius 3 is 2.37 bits per heavy atom. The van der Waals surface area contributed by atoms with Gasteiger partial charge in [-0.05, 0) is 47.5 Å². The number of carbonyl (C=O) groups excluding carboxylic acids is 2. The first-order valence-corrected chi connectivity index (χ1v) is 9.97. The van der Waals surface area contributed by atoms with Crippen LogP contribution in [0.15, 0.2) is 60.7 Å². The number of benzene rings is 3. The average Bonchev–Trinajstić information content (AvgIpc) is 2.65. The fourth-order valence-corrected chi connectivity index (χ4v) is 3.42. The normalized spacial score (nSPS) is 10.6. The van der Waals surface area contributed by atoms with Gasteiger partial charge in [0.05, 0.1) is 11.5 Å². The first-order valence-electron chi connectivity index (χ1n) is 8.44. The van der Waals surface area contributed by atoms with E-state index in [4.69, 9.17) is 11.6 Å². The molecule has 0 saturated carbocycles. The molecule has 0 aliphatic rings. The molecule has 0 spiro atoms. The highest BCUT2D eigenvalue weighted by Crippen LogP contribution is 2.23. The van der Waals surface area contributed by atoms with Gasteiger partial charge in [0, 0.05) is 16.4 Å². The quantitative estimate of drug-likeness (QED) is 0.606. The second kappa shape index (κ2) is 8.93. The maximum Gasteiger partial charge on any atom is 0.234 e. The summed E-state index contributed by atoms with van der Waals surface area (Å²) in [6, 6.07) is 19.1. The van der Waals surface area contributed by atoms with Gasteiger partial charge in [-0.2, -0.15) is 0 Å². The van der Waals surface area contributed by atoms with Gasteiger partial charge in [0.1, 0.15) is 0 Å². The lowest BCUT2D eigenvalue weighted by Gasteiger charge is -2.09. The largest absolute Gasteiger partial charge is 0.325 e. The molecule has 4 nitrogen and oxygen atoms in total. The Morgan fingerprint density at radius 1 is 0.889 bits per heavy atom. The molecule has 0 aliphatic heterocycles. The Kier molecular flexibility index (Phi) is 6.37. The van der Waals surface area contributed by atoms with E-state index >= 15 is 0 Å². The molecule has 6 heteroatoms. The van der Waals surface area contributed by atoms with Crippen molar-refractivity contribution in [3.63, 3.8) is 0 Å². The van der Waals surface area contributed by atoms with E-state index < -0.39 is 0 Å². The number of fused-ring (bicyclic) bond motifs is 1. The van der Waals surface area contributed by atoms with E-state index in [1.807, 2.05) is 49.4 Å². The zero-order valence-electron chi connectivity index (χ0n) is 14.8. The predicted molar refractivity (Wildman–Crippen MR) is 115 cm³/mol. The maximum absolute atomic E-state index is 12.1. The lowest BCUT2D eigenvalue weighted by Crippen LogP contribution is -2.18. The van der Waals surface area contributed by atoms with Crippen LogP contribution in [-0.4, -0.2) is 23.3 Å². The van der Waals surface area contributed by atoms with Crippen LogP contribution in [0.1, 0.15) is 5.56 Å². The summed E-state index contributed by atoms with van der Waals surface area (Å²) in [5.74, 6) is 0.0946. The van der Waals surface area contributed by atoms with Crippen molar-refractivity contribution in [2.75, 3.05) is 22.1 Å². The molecule has 0 aromatic heterocycles. The molecule has 138 valence electrons. The molecule has 27 heavy (non-hydrogen) atoms. The van der Waals surface area contributed by atoms with Gasteiger partial charge in [-0.1, -0.05) is 48.0 Å². The second-order valence-electron chi connectivity index (χ2n) is 6.06. The molecular weight excluding hydrogens is 380 g/mol. The smallest absolute Gasteiger partial charge is 0.234 e. The van der Waals surface area contributed by atoms with Gasteiger partial charge in [-0.25, -0.2) is 0 Å². The summed E-state index contributed by atoms with van der Waals surface area (Å²) in [4.78, 5) is 24.2. The Morgan fingerprint density at radius 2 is 1.59 bits per heavy atom. The highest BCUT2D eigenvalue weighted by Gasteiger charge is 2.09. The molecule has 0 bridgehead atoms. The summed E-state index contributed by atoms with van der Waals surface area (Å²) in [6.45, 7) is 1.85. The molecule has 0 fully saturated rings. The number of hydrogen-bond acceptors (Lipinski definition) is 3. The molecular formula is C21H19ClN2O2S. The number of anilines is 2. The first-order chi connectivity index (χ1) is 13.0. The van der Waals surface area contributed by atoms with Crippen LogP contribution in [0.3, 0.4) is 0 Å². The lowest BCUT2D eigenvalue weighted by atomic mass is 10.1. The van der Waals surface area contributed by atoms with E-state index in [1.54, 1.807) is 18.2 Å². The van der Waals surface area contributed by atoms with Crippen LogP contribution in [0.5, 0.6) is 0 Å². The molecule has 2 N–H and O–H groups in total. The van der Waals surface area contributed by atoms with Gasteiger partial charge in [-0.3, -0.25) is 9.59 Å². The van der Waals surface area contributed by atoms with Gasteiger partial charge < -0.3 is 10.6 Å². The van der Waals surface area contributed by atoms with Crippen molar-refractivity contribution >= 4 is 57.3 Å². The van der Waals surface area contributed by atoms with E-state index in [0.29, 0.717) is 10.7 Å². The fourth-order valence-electron chi connectivity index (χ4n) is 2.63. The van der Waals surface area contributed by atoms with Crippen molar-refractivity contribution in [1.82, 2.24) is 0 Å². The standard InChI is InChI=1S/C21H19ClN2O2S/c1-14-18(22)7-4-8-19(14)24-21(26)13-27-12-20(25)23-17-10-9-15-5-2-3-6-16(15)11-17/h2-11H,12-13H2,1H3,(H,23,25)(H,24,26). The number of nitrogens with one attached hydrogen (secondary N) is 2. The third-order valence-electron chi connectivity index (χ3n) is 4.04. The number of rotatable bonds is 6. The minimum atomic E-state index is -0.163. The van der Waals surface area contributed by atoms with E-state index in [9.17, 15) is 9.59 Å². The highest BCUT2D eigenvalue weighted by molar-refractivity contribution is 8.00. The van der Waals surface area contributed by atoms with Crippen molar-refractivity contribution in [2.45, 2.75) is 6.92 Å². The van der Waals surface area contributed by atoms with Gasteiger partial charge >= 0.3 is 0 Å². The van der Waals surface area contributed by atoms with Gasteiger partial charge in [0.25, 0.3) is 0 Å². The molecule has 0 unspecified atom stereocenters. The third-order valence-corrected chi connectivity index (χ3v) is 5.38. The fraction of sp³-hybridized carbons (Fsp3) is 0.143. The van der Waals surface area contributed by atoms with Crippen LogP contribution in [0, 0.1) is 6.92 Å². The van der Waals surface area contributed by atoms with Crippen molar-refractivity contribution < 1.29 is 9.59 Å². The summed E-state index contributed by atoms with van der Waals surface area (Å²) < 4.78 is 0. The van der Waals surface area contributed by atoms with Crippen LogP contribution >= 0.6 is 23.4 Å². The van der Waals surface area contributed by atoms with Gasteiger partial charge in [0.2, 0.25) is 11.8 Å². The first kappa shape index (κ1) is 19.3. The van der Waals surface area contributed by atoms with Crippen molar-refractivity contribution in [3.8, 4) is 0 Å². The van der Waals surface area contributed by atoms with Crippen LogP contribution in [0.25, 0.3) is 10.8 Å². The van der Waals surface area contributed by atoms with Crippen LogP contribution in [0.4, 0.5) is 11.4 Å². The Balaban J connectivity index is 1.47. The molecule has 3 rings (SSSR count). The van der Waals surface area contributed by atoms with Crippen LogP contribution in [-0.2, 0) is 9.59 Å². The van der Waals surface area contributed by atoms with Crippen molar-refractivity contribution in [1.29, 1.82) is 0 Å². The second-order valence-corrected chi connectivity index (χ2v) is 7.46. The van der Waals surface area contributed by atoms with Crippen LogP contribution < -0.4 is 10.6 Å².